The highest BCUT2D eigenvalue weighted by molar-refractivity contribution is 5.69. The smallest absolute Gasteiger partial charge is 0.274 e. The summed E-state index contributed by atoms with van der Waals surface area (Å²) in [7, 11) is 0. The predicted molar refractivity (Wildman–Crippen MR) is 90.3 cm³/mol. The van der Waals surface area contributed by atoms with E-state index >= 15 is 0 Å². The second kappa shape index (κ2) is 5.76. The van der Waals surface area contributed by atoms with E-state index in [1.165, 1.54) is 0 Å². The third-order valence-electron chi connectivity index (χ3n) is 4.09. The van der Waals surface area contributed by atoms with Crippen molar-refractivity contribution in [3.05, 3.63) is 70.0 Å². The summed E-state index contributed by atoms with van der Waals surface area (Å²) in [5.41, 5.74) is 9.51. The number of rotatable bonds is 3. The Balaban J connectivity index is 2.17. The largest absolute Gasteiger partial charge is 0.394 e. The molecule has 23 heavy (non-hydrogen) atoms. The molecule has 0 radical (unpaired) electrons. The van der Waals surface area contributed by atoms with E-state index in [1.54, 1.807) is 10.6 Å². The molecule has 0 saturated heterocycles. The third-order valence-corrected chi connectivity index (χ3v) is 4.09. The Labute approximate surface area is 134 Å². The molecule has 5 nitrogen and oxygen atoms in total. The van der Waals surface area contributed by atoms with Crippen molar-refractivity contribution in [1.82, 2.24) is 9.72 Å². The first-order valence-electron chi connectivity index (χ1n) is 7.49. The molecule has 118 valence electrons. The van der Waals surface area contributed by atoms with Crippen molar-refractivity contribution in [3.8, 4) is 11.1 Å². The normalized spacial score (nSPS) is 12.3. The Kier molecular flexibility index (Phi) is 3.78. The summed E-state index contributed by atoms with van der Waals surface area (Å²) < 4.78 is 6.89. The number of pyridine rings is 1. The minimum Gasteiger partial charge on any atom is -0.394 e. The van der Waals surface area contributed by atoms with Crippen molar-refractivity contribution in [2.75, 3.05) is 5.73 Å². The molecule has 1 aromatic carbocycles. The van der Waals surface area contributed by atoms with E-state index in [0.29, 0.717) is 5.76 Å². The highest BCUT2D eigenvalue weighted by Gasteiger charge is 2.17. The summed E-state index contributed by atoms with van der Waals surface area (Å²) >= 11 is 0. The fourth-order valence-corrected chi connectivity index (χ4v) is 2.84. The van der Waals surface area contributed by atoms with Gasteiger partial charge in [-0.1, -0.05) is 35.5 Å². The molecule has 0 unspecified atom stereocenters. The first-order valence-corrected chi connectivity index (χ1v) is 7.49. The number of nitrogens with zero attached hydrogens (tertiary/aromatic N) is 2. The first kappa shape index (κ1) is 15.1. The van der Waals surface area contributed by atoms with Gasteiger partial charge in [-0.25, -0.2) is 0 Å². The van der Waals surface area contributed by atoms with Crippen LogP contribution < -0.4 is 11.3 Å². The van der Waals surface area contributed by atoms with Crippen LogP contribution in [-0.4, -0.2) is 9.72 Å². The van der Waals surface area contributed by atoms with Crippen LogP contribution >= 0.6 is 0 Å². The van der Waals surface area contributed by atoms with Gasteiger partial charge < -0.3 is 14.8 Å². The number of aryl methyl sites for hydroxylation is 2. The van der Waals surface area contributed by atoms with Gasteiger partial charge in [0.15, 0.2) is 0 Å². The fraction of sp³-hybridized carbons (Fsp3) is 0.222. The second-order valence-corrected chi connectivity index (χ2v) is 5.68. The van der Waals surface area contributed by atoms with E-state index in [9.17, 15) is 4.79 Å². The Morgan fingerprint density at radius 1 is 1.22 bits per heavy atom. The second-order valence-electron chi connectivity index (χ2n) is 5.68. The first-order chi connectivity index (χ1) is 11.0. The van der Waals surface area contributed by atoms with Crippen LogP contribution in [0.3, 0.4) is 0 Å². The molecule has 0 fully saturated rings. The zero-order valence-corrected chi connectivity index (χ0v) is 13.4. The lowest BCUT2D eigenvalue weighted by molar-refractivity contribution is 0.393. The van der Waals surface area contributed by atoms with Crippen LogP contribution in [0, 0.1) is 13.8 Å². The number of benzene rings is 1. The summed E-state index contributed by atoms with van der Waals surface area (Å²) in [6.07, 6.45) is 1.82. The summed E-state index contributed by atoms with van der Waals surface area (Å²) in [5, 5.41) is 3.97. The van der Waals surface area contributed by atoms with E-state index < -0.39 is 0 Å². The lowest BCUT2D eigenvalue weighted by Gasteiger charge is -2.17. The van der Waals surface area contributed by atoms with E-state index in [0.717, 1.165) is 22.4 Å². The third kappa shape index (κ3) is 2.65. The van der Waals surface area contributed by atoms with Crippen LogP contribution in [0.15, 0.2) is 51.9 Å². The van der Waals surface area contributed by atoms with Gasteiger partial charge in [0.05, 0.1) is 17.4 Å². The summed E-state index contributed by atoms with van der Waals surface area (Å²) in [6, 6.07) is 11.4. The number of hydrogen-bond donors (Lipinski definition) is 1. The highest BCUT2D eigenvalue weighted by Crippen LogP contribution is 2.28. The fourth-order valence-electron chi connectivity index (χ4n) is 2.84. The molecule has 0 aliphatic rings. The zero-order chi connectivity index (χ0) is 16.6. The van der Waals surface area contributed by atoms with Gasteiger partial charge in [0.2, 0.25) is 0 Å². The van der Waals surface area contributed by atoms with Gasteiger partial charge in [0.25, 0.3) is 5.56 Å². The van der Waals surface area contributed by atoms with Crippen molar-refractivity contribution in [2.24, 2.45) is 0 Å². The molecule has 0 aliphatic heterocycles. The molecule has 0 saturated carbocycles. The van der Waals surface area contributed by atoms with Crippen molar-refractivity contribution in [1.29, 1.82) is 0 Å². The maximum Gasteiger partial charge on any atom is 0.274 e. The Morgan fingerprint density at radius 3 is 2.52 bits per heavy atom. The quantitative estimate of drug-likeness (QED) is 0.805. The van der Waals surface area contributed by atoms with E-state index in [-0.39, 0.29) is 17.3 Å². The Hall–Kier alpha value is -2.82. The van der Waals surface area contributed by atoms with Crippen LogP contribution in [0.5, 0.6) is 0 Å². The molecule has 0 bridgehead atoms. The SMILES string of the molecule is Cc1noc(C)c1-c1cc(N)c(=O)n([C@@H](C)c2ccccc2)c1. The average molecular weight is 309 g/mol. The number of anilines is 1. The van der Waals surface area contributed by atoms with Gasteiger partial charge >= 0.3 is 0 Å². The van der Waals surface area contributed by atoms with E-state index in [4.69, 9.17) is 10.3 Å². The molecule has 0 aliphatic carbocycles. The lowest BCUT2D eigenvalue weighted by atomic mass is 10.0. The number of aromatic nitrogens is 2. The topological polar surface area (TPSA) is 74.1 Å². The predicted octanol–water partition coefficient (Wildman–Crippen LogP) is 3.31. The van der Waals surface area contributed by atoms with Gasteiger partial charge in [-0.3, -0.25) is 4.79 Å². The van der Waals surface area contributed by atoms with Crippen LogP contribution in [0.2, 0.25) is 0 Å². The molecule has 3 aromatic rings. The zero-order valence-electron chi connectivity index (χ0n) is 13.4. The molecule has 0 spiro atoms. The summed E-state index contributed by atoms with van der Waals surface area (Å²) in [5.74, 6) is 0.708. The summed E-state index contributed by atoms with van der Waals surface area (Å²) in [6.45, 7) is 5.70. The van der Waals surface area contributed by atoms with Crippen molar-refractivity contribution in [2.45, 2.75) is 26.8 Å². The molecule has 3 rings (SSSR count). The van der Waals surface area contributed by atoms with Gasteiger partial charge in [0.1, 0.15) is 5.76 Å². The molecule has 5 heteroatoms. The molecular weight excluding hydrogens is 290 g/mol. The maximum absolute atomic E-state index is 12.5. The van der Waals surface area contributed by atoms with Crippen molar-refractivity contribution < 1.29 is 4.52 Å². The van der Waals surface area contributed by atoms with Gasteiger partial charge in [0, 0.05) is 17.3 Å². The van der Waals surface area contributed by atoms with Gasteiger partial charge in [-0.2, -0.15) is 0 Å². The standard InChI is InChI=1S/C18H19N3O2/c1-11-17(13(3)23-20-11)15-9-16(19)18(22)21(10-15)12(2)14-7-5-4-6-8-14/h4-10,12H,19H2,1-3H3/t12-/m0/s1. The maximum atomic E-state index is 12.5. The molecular formula is C18H19N3O2. The van der Waals surface area contributed by atoms with Crippen molar-refractivity contribution >= 4 is 5.69 Å². The number of nitrogens with two attached hydrogens (primary N) is 1. The Bertz CT molecular complexity index is 875. The van der Waals surface area contributed by atoms with Crippen molar-refractivity contribution in [3.63, 3.8) is 0 Å². The van der Waals surface area contributed by atoms with Crippen LogP contribution in [0.1, 0.15) is 30.0 Å². The highest BCUT2D eigenvalue weighted by atomic mass is 16.5. The van der Waals surface area contributed by atoms with Gasteiger partial charge in [-0.05, 0) is 32.4 Å². The van der Waals surface area contributed by atoms with Crippen LogP contribution in [0.25, 0.3) is 11.1 Å². The number of nitrogen functional groups attached to an aromatic ring is 1. The average Bonchev–Trinajstić information content (AvgIpc) is 2.89. The lowest BCUT2D eigenvalue weighted by Crippen LogP contribution is -2.26. The van der Waals surface area contributed by atoms with Crippen LogP contribution in [-0.2, 0) is 0 Å². The minimum absolute atomic E-state index is 0.119. The number of hydrogen-bond acceptors (Lipinski definition) is 4. The minimum atomic E-state index is -0.197. The monoisotopic (exact) mass is 309 g/mol. The molecule has 2 heterocycles. The molecule has 2 aromatic heterocycles. The van der Waals surface area contributed by atoms with E-state index in [1.807, 2.05) is 57.3 Å². The summed E-state index contributed by atoms with van der Waals surface area (Å²) in [4.78, 5) is 12.5. The molecule has 0 amide bonds. The van der Waals surface area contributed by atoms with Crippen LogP contribution in [0.4, 0.5) is 5.69 Å². The van der Waals surface area contributed by atoms with Gasteiger partial charge in [-0.15, -0.1) is 0 Å². The Morgan fingerprint density at radius 2 is 1.91 bits per heavy atom. The molecule has 1 atom stereocenters. The molecule has 2 N–H and O–H groups in total. The van der Waals surface area contributed by atoms with E-state index in [2.05, 4.69) is 5.16 Å².